The monoisotopic (exact) mass is 365 g/mol. The van der Waals surface area contributed by atoms with Crippen molar-refractivity contribution in [3.8, 4) is 28.4 Å². The van der Waals surface area contributed by atoms with Crippen molar-refractivity contribution in [1.82, 2.24) is 4.98 Å². The Balaban J connectivity index is 2.16. The summed E-state index contributed by atoms with van der Waals surface area (Å²) in [6, 6.07) is 13.4. The van der Waals surface area contributed by atoms with Gasteiger partial charge in [-0.1, -0.05) is 31.5 Å². The van der Waals surface area contributed by atoms with Gasteiger partial charge in [0.1, 0.15) is 5.69 Å². The van der Waals surface area contributed by atoms with Gasteiger partial charge in [-0.05, 0) is 36.2 Å². The van der Waals surface area contributed by atoms with E-state index in [9.17, 15) is 4.79 Å². The van der Waals surface area contributed by atoms with Gasteiger partial charge in [0.05, 0.1) is 26.3 Å². The summed E-state index contributed by atoms with van der Waals surface area (Å²) in [6.07, 6.45) is 2.74. The molecule has 0 bridgehead atoms. The number of carbonyl (C=O) groups is 1. The van der Waals surface area contributed by atoms with Gasteiger partial charge in [-0.2, -0.15) is 0 Å². The molecule has 0 aliphatic rings. The van der Waals surface area contributed by atoms with E-state index in [-0.39, 0.29) is 0 Å². The molecule has 5 nitrogen and oxygen atoms in total. The zero-order chi connectivity index (χ0) is 19.2. The predicted octanol–water partition coefficient (Wildman–Crippen LogP) is 4.91. The number of hydrogen-bond donors (Lipinski definition) is 0. The molecule has 2 aromatic carbocycles. The van der Waals surface area contributed by atoms with Crippen molar-refractivity contribution in [3.63, 3.8) is 0 Å². The molecule has 27 heavy (non-hydrogen) atoms. The fraction of sp³-hybridized carbons (Fsp3) is 0.273. The average Bonchev–Trinajstić information content (AvgIpc) is 2.72. The van der Waals surface area contributed by atoms with Crippen LogP contribution in [0, 0.1) is 0 Å². The fourth-order valence-corrected chi connectivity index (χ4v) is 2.97. The maximum atomic E-state index is 11.7. The first kappa shape index (κ1) is 18.7. The van der Waals surface area contributed by atoms with E-state index in [0.29, 0.717) is 29.5 Å². The number of unbranched alkanes of at least 4 members (excludes halogenated alkanes) is 1. The summed E-state index contributed by atoms with van der Waals surface area (Å²) in [5, 5.41) is 0.960. The second kappa shape index (κ2) is 8.54. The first-order valence-corrected chi connectivity index (χ1v) is 8.96. The van der Waals surface area contributed by atoms with E-state index in [1.165, 1.54) is 0 Å². The molecule has 3 rings (SSSR count). The molecule has 0 spiro atoms. The van der Waals surface area contributed by atoms with Gasteiger partial charge in [-0.25, -0.2) is 4.98 Å². The standard InChI is InChI=1S/C22H23NO4/c1-4-5-10-27-21-13-16(12-20(25-2)22(21)26-3)17-11-15-8-6-7-9-18(15)23-19(17)14-24/h6-9,11-14H,4-5,10H2,1-3H3. The van der Waals surface area contributed by atoms with E-state index in [4.69, 9.17) is 14.2 Å². The van der Waals surface area contributed by atoms with E-state index in [1.807, 2.05) is 42.5 Å². The van der Waals surface area contributed by atoms with Crippen LogP contribution in [0.15, 0.2) is 42.5 Å². The minimum absolute atomic E-state index is 0.375. The normalized spacial score (nSPS) is 10.6. The van der Waals surface area contributed by atoms with Crippen molar-refractivity contribution in [2.45, 2.75) is 19.8 Å². The molecule has 0 atom stereocenters. The molecule has 1 heterocycles. The molecule has 0 saturated carbocycles. The summed E-state index contributed by atoms with van der Waals surface area (Å²) >= 11 is 0. The summed E-state index contributed by atoms with van der Waals surface area (Å²) in [5.74, 6) is 1.68. The summed E-state index contributed by atoms with van der Waals surface area (Å²) < 4.78 is 16.9. The van der Waals surface area contributed by atoms with Gasteiger partial charge in [0, 0.05) is 10.9 Å². The van der Waals surface area contributed by atoms with E-state index in [2.05, 4.69) is 11.9 Å². The number of para-hydroxylation sites is 1. The molecule has 0 radical (unpaired) electrons. The van der Waals surface area contributed by atoms with Crippen molar-refractivity contribution in [1.29, 1.82) is 0 Å². The number of ether oxygens (including phenoxy) is 3. The smallest absolute Gasteiger partial charge is 0.203 e. The molecule has 0 unspecified atom stereocenters. The number of aromatic nitrogens is 1. The number of aldehydes is 1. The predicted molar refractivity (Wildman–Crippen MR) is 106 cm³/mol. The van der Waals surface area contributed by atoms with Crippen LogP contribution in [0.4, 0.5) is 0 Å². The van der Waals surface area contributed by atoms with Gasteiger partial charge in [-0.15, -0.1) is 0 Å². The highest BCUT2D eigenvalue weighted by Gasteiger charge is 2.17. The first-order chi connectivity index (χ1) is 13.2. The molecule has 140 valence electrons. The molecule has 0 fully saturated rings. The molecule has 0 amide bonds. The largest absolute Gasteiger partial charge is 0.493 e. The lowest BCUT2D eigenvalue weighted by molar-refractivity contribution is 0.112. The third-order valence-corrected chi connectivity index (χ3v) is 4.38. The van der Waals surface area contributed by atoms with Crippen LogP contribution in [0.25, 0.3) is 22.0 Å². The average molecular weight is 365 g/mol. The van der Waals surface area contributed by atoms with Gasteiger partial charge in [0.15, 0.2) is 17.8 Å². The number of pyridine rings is 1. The van der Waals surface area contributed by atoms with Crippen molar-refractivity contribution >= 4 is 17.2 Å². The minimum Gasteiger partial charge on any atom is -0.493 e. The Morgan fingerprint density at radius 3 is 2.52 bits per heavy atom. The number of carbonyl (C=O) groups excluding carboxylic acids is 1. The maximum absolute atomic E-state index is 11.7. The Hall–Kier alpha value is -3.08. The summed E-state index contributed by atoms with van der Waals surface area (Å²) in [6.45, 7) is 2.69. The van der Waals surface area contributed by atoms with Crippen molar-refractivity contribution < 1.29 is 19.0 Å². The SMILES string of the molecule is CCCCOc1cc(-c2cc3ccccc3nc2C=O)cc(OC)c1OC. The lowest BCUT2D eigenvalue weighted by Gasteiger charge is -2.16. The molecular weight excluding hydrogens is 342 g/mol. The third-order valence-electron chi connectivity index (χ3n) is 4.38. The first-order valence-electron chi connectivity index (χ1n) is 8.96. The van der Waals surface area contributed by atoms with Crippen LogP contribution in [0.3, 0.4) is 0 Å². The zero-order valence-corrected chi connectivity index (χ0v) is 15.8. The Bertz CT molecular complexity index is 952. The van der Waals surface area contributed by atoms with Crippen molar-refractivity contribution in [2.75, 3.05) is 20.8 Å². The number of hydrogen-bond acceptors (Lipinski definition) is 5. The Morgan fingerprint density at radius 1 is 1.04 bits per heavy atom. The number of methoxy groups -OCH3 is 2. The second-order valence-electron chi connectivity index (χ2n) is 6.14. The van der Waals surface area contributed by atoms with Crippen LogP contribution in [-0.4, -0.2) is 32.1 Å². The molecular formula is C22H23NO4. The number of benzene rings is 2. The highest BCUT2D eigenvalue weighted by molar-refractivity contribution is 5.93. The van der Waals surface area contributed by atoms with Crippen LogP contribution < -0.4 is 14.2 Å². The molecule has 5 heteroatoms. The van der Waals surface area contributed by atoms with Gasteiger partial charge in [-0.3, -0.25) is 4.79 Å². The number of nitrogens with zero attached hydrogens (tertiary/aromatic N) is 1. The molecule has 1 aromatic heterocycles. The lowest BCUT2D eigenvalue weighted by Crippen LogP contribution is -2.02. The Labute approximate surface area is 158 Å². The van der Waals surface area contributed by atoms with Crippen molar-refractivity contribution in [3.05, 3.63) is 48.2 Å². The zero-order valence-electron chi connectivity index (χ0n) is 15.8. The van der Waals surface area contributed by atoms with Gasteiger partial charge < -0.3 is 14.2 Å². The Kier molecular flexibility index (Phi) is 5.91. The van der Waals surface area contributed by atoms with Crippen LogP contribution in [0.2, 0.25) is 0 Å². The fourth-order valence-electron chi connectivity index (χ4n) is 2.97. The van der Waals surface area contributed by atoms with Crippen LogP contribution in [-0.2, 0) is 0 Å². The topological polar surface area (TPSA) is 57.7 Å². The molecule has 0 N–H and O–H groups in total. The molecule has 0 aliphatic heterocycles. The summed E-state index contributed by atoms with van der Waals surface area (Å²) in [5.41, 5.74) is 2.67. The van der Waals surface area contributed by atoms with Crippen LogP contribution in [0.5, 0.6) is 17.2 Å². The summed E-state index contributed by atoms with van der Waals surface area (Å²) in [4.78, 5) is 16.2. The van der Waals surface area contributed by atoms with Gasteiger partial charge >= 0.3 is 0 Å². The maximum Gasteiger partial charge on any atom is 0.203 e. The molecule has 0 saturated heterocycles. The van der Waals surface area contributed by atoms with E-state index in [1.54, 1.807) is 14.2 Å². The second-order valence-corrected chi connectivity index (χ2v) is 6.14. The van der Waals surface area contributed by atoms with Crippen LogP contribution in [0.1, 0.15) is 30.3 Å². The highest BCUT2D eigenvalue weighted by atomic mass is 16.5. The molecule has 0 aliphatic carbocycles. The van der Waals surface area contributed by atoms with Crippen molar-refractivity contribution in [2.24, 2.45) is 0 Å². The number of fused-ring (bicyclic) bond motifs is 1. The minimum atomic E-state index is 0.375. The quantitative estimate of drug-likeness (QED) is 0.419. The van der Waals surface area contributed by atoms with Gasteiger partial charge in [0.25, 0.3) is 0 Å². The van der Waals surface area contributed by atoms with E-state index >= 15 is 0 Å². The lowest BCUT2D eigenvalue weighted by atomic mass is 10.0. The van der Waals surface area contributed by atoms with Crippen LogP contribution >= 0.6 is 0 Å². The van der Waals surface area contributed by atoms with E-state index in [0.717, 1.165) is 41.2 Å². The molecule has 3 aromatic rings. The Morgan fingerprint density at radius 2 is 1.81 bits per heavy atom. The van der Waals surface area contributed by atoms with Gasteiger partial charge in [0.2, 0.25) is 5.75 Å². The summed E-state index contributed by atoms with van der Waals surface area (Å²) in [7, 11) is 3.16. The highest BCUT2D eigenvalue weighted by Crippen LogP contribution is 2.42. The third kappa shape index (κ3) is 3.87. The van der Waals surface area contributed by atoms with E-state index < -0.39 is 0 Å². The number of rotatable bonds is 8.